The number of guanidine groups is 1. The van der Waals surface area contributed by atoms with Gasteiger partial charge in [0.15, 0.2) is 5.96 Å². The molecule has 3 N–H and O–H groups in total. The number of fused-ring (bicyclic) bond motifs is 1. The average molecular weight is 320 g/mol. The van der Waals surface area contributed by atoms with E-state index >= 15 is 0 Å². The molecule has 0 aromatic heterocycles. The summed E-state index contributed by atoms with van der Waals surface area (Å²) in [5.74, 6) is 0.923. The lowest BCUT2D eigenvalue weighted by molar-refractivity contribution is 0.413. The molecule has 0 fully saturated rings. The lowest BCUT2D eigenvalue weighted by Gasteiger charge is -2.08. The summed E-state index contributed by atoms with van der Waals surface area (Å²) in [6.45, 7) is 0.422. The largest absolute Gasteiger partial charge is 0.495 e. The first-order valence-corrected chi connectivity index (χ1v) is 7.95. The van der Waals surface area contributed by atoms with Crippen LogP contribution in [-0.4, -0.2) is 13.1 Å². The highest BCUT2D eigenvalue weighted by Gasteiger charge is 2.11. The standard InChI is InChI=1S/C19H20N4O/c1-24-18-9-13(5-6-16(18)11-20)12-22-19(21)23-17-8-7-14-3-2-4-15(14)10-17/h5-10H,2-4,12H2,1H3,(H3,21,22,23). The van der Waals surface area contributed by atoms with E-state index in [1.54, 1.807) is 13.2 Å². The van der Waals surface area contributed by atoms with Crippen LogP contribution in [0.15, 0.2) is 41.4 Å². The Morgan fingerprint density at radius 2 is 2.08 bits per heavy atom. The van der Waals surface area contributed by atoms with Gasteiger partial charge in [-0.15, -0.1) is 0 Å². The van der Waals surface area contributed by atoms with Gasteiger partial charge in [0.1, 0.15) is 11.8 Å². The topological polar surface area (TPSA) is 83.4 Å². The number of methoxy groups -OCH3 is 1. The number of aryl methyl sites for hydroxylation is 2. The summed E-state index contributed by atoms with van der Waals surface area (Å²) in [6, 6.07) is 13.8. The number of nitriles is 1. The molecule has 0 heterocycles. The molecule has 2 aromatic rings. The van der Waals surface area contributed by atoms with Crippen molar-refractivity contribution in [2.24, 2.45) is 10.7 Å². The Morgan fingerprint density at radius 3 is 2.88 bits per heavy atom. The van der Waals surface area contributed by atoms with Crippen LogP contribution >= 0.6 is 0 Å². The van der Waals surface area contributed by atoms with Crippen molar-refractivity contribution in [1.82, 2.24) is 0 Å². The molecule has 122 valence electrons. The Bertz CT molecular complexity index is 821. The van der Waals surface area contributed by atoms with Crippen LogP contribution in [-0.2, 0) is 19.4 Å². The molecule has 5 heteroatoms. The Kier molecular flexibility index (Phi) is 4.66. The van der Waals surface area contributed by atoms with Crippen LogP contribution in [0.3, 0.4) is 0 Å². The number of benzene rings is 2. The van der Waals surface area contributed by atoms with E-state index in [9.17, 15) is 0 Å². The molecule has 0 spiro atoms. The summed E-state index contributed by atoms with van der Waals surface area (Å²) in [5.41, 5.74) is 11.2. The molecule has 3 rings (SSSR count). The summed E-state index contributed by atoms with van der Waals surface area (Å²) in [6.07, 6.45) is 3.52. The van der Waals surface area contributed by atoms with E-state index in [1.165, 1.54) is 24.0 Å². The number of nitrogens with zero attached hydrogens (tertiary/aromatic N) is 2. The van der Waals surface area contributed by atoms with Gasteiger partial charge in [-0.25, -0.2) is 4.99 Å². The van der Waals surface area contributed by atoms with E-state index in [2.05, 4.69) is 28.5 Å². The van der Waals surface area contributed by atoms with Crippen molar-refractivity contribution in [3.8, 4) is 11.8 Å². The van der Waals surface area contributed by atoms with Crippen molar-refractivity contribution in [2.45, 2.75) is 25.8 Å². The summed E-state index contributed by atoms with van der Waals surface area (Å²) in [4.78, 5) is 4.36. The van der Waals surface area contributed by atoms with Crippen LogP contribution in [0.2, 0.25) is 0 Å². The number of aliphatic imine (C=N–C) groups is 1. The van der Waals surface area contributed by atoms with Gasteiger partial charge in [-0.1, -0.05) is 12.1 Å². The van der Waals surface area contributed by atoms with Gasteiger partial charge in [-0.2, -0.15) is 5.26 Å². The maximum absolute atomic E-state index is 9.00. The Morgan fingerprint density at radius 1 is 1.25 bits per heavy atom. The second-order valence-electron chi connectivity index (χ2n) is 5.81. The van der Waals surface area contributed by atoms with Crippen molar-refractivity contribution in [3.63, 3.8) is 0 Å². The Balaban J connectivity index is 1.67. The highest BCUT2D eigenvalue weighted by atomic mass is 16.5. The molecule has 1 aliphatic rings. The summed E-state index contributed by atoms with van der Waals surface area (Å²) in [5, 5.41) is 12.1. The fourth-order valence-electron chi connectivity index (χ4n) is 2.94. The Labute approximate surface area is 141 Å². The van der Waals surface area contributed by atoms with Gasteiger partial charge in [0, 0.05) is 5.69 Å². The zero-order chi connectivity index (χ0) is 16.9. The number of ether oxygens (including phenoxy) is 1. The summed E-state index contributed by atoms with van der Waals surface area (Å²) in [7, 11) is 1.55. The first-order valence-electron chi connectivity index (χ1n) is 7.95. The fourth-order valence-corrected chi connectivity index (χ4v) is 2.94. The highest BCUT2D eigenvalue weighted by Crippen LogP contribution is 2.25. The molecule has 0 bridgehead atoms. The van der Waals surface area contributed by atoms with Crippen LogP contribution in [0.4, 0.5) is 5.69 Å². The van der Waals surface area contributed by atoms with Gasteiger partial charge in [0.2, 0.25) is 0 Å². The minimum absolute atomic E-state index is 0.372. The van der Waals surface area contributed by atoms with E-state index < -0.39 is 0 Å². The zero-order valence-corrected chi connectivity index (χ0v) is 13.7. The predicted molar refractivity (Wildman–Crippen MR) is 95.1 cm³/mol. The van der Waals surface area contributed by atoms with E-state index in [0.29, 0.717) is 23.8 Å². The lowest BCUT2D eigenvalue weighted by atomic mass is 10.1. The highest BCUT2D eigenvalue weighted by molar-refractivity contribution is 5.92. The number of nitrogens with two attached hydrogens (primary N) is 1. The number of nitrogens with one attached hydrogen (secondary N) is 1. The molecule has 0 saturated heterocycles. The molecule has 0 radical (unpaired) electrons. The minimum atomic E-state index is 0.372. The smallest absolute Gasteiger partial charge is 0.193 e. The monoisotopic (exact) mass is 320 g/mol. The molecule has 24 heavy (non-hydrogen) atoms. The third kappa shape index (κ3) is 3.49. The third-order valence-electron chi connectivity index (χ3n) is 4.19. The maximum Gasteiger partial charge on any atom is 0.193 e. The number of hydrogen-bond acceptors (Lipinski definition) is 3. The number of anilines is 1. The molecule has 0 amide bonds. The normalized spacial score (nSPS) is 13.2. The van der Waals surface area contributed by atoms with Crippen molar-refractivity contribution in [3.05, 3.63) is 58.7 Å². The van der Waals surface area contributed by atoms with Crippen molar-refractivity contribution < 1.29 is 4.74 Å². The average Bonchev–Trinajstić information content (AvgIpc) is 3.07. The Hall–Kier alpha value is -3.00. The van der Waals surface area contributed by atoms with Gasteiger partial charge in [-0.05, 0) is 60.2 Å². The van der Waals surface area contributed by atoms with Gasteiger partial charge < -0.3 is 15.8 Å². The molecule has 2 aromatic carbocycles. The first kappa shape index (κ1) is 15.9. The summed E-state index contributed by atoms with van der Waals surface area (Å²) < 4.78 is 5.20. The van der Waals surface area contributed by atoms with Gasteiger partial charge >= 0.3 is 0 Å². The molecule has 0 aliphatic heterocycles. The maximum atomic E-state index is 9.00. The van der Waals surface area contributed by atoms with Crippen LogP contribution < -0.4 is 15.8 Å². The van der Waals surface area contributed by atoms with Crippen molar-refractivity contribution in [2.75, 3.05) is 12.4 Å². The molecular weight excluding hydrogens is 300 g/mol. The number of rotatable bonds is 4. The zero-order valence-electron chi connectivity index (χ0n) is 13.7. The van der Waals surface area contributed by atoms with E-state index in [1.807, 2.05) is 18.2 Å². The molecule has 5 nitrogen and oxygen atoms in total. The first-order chi connectivity index (χ1) is 11.7. The molecule has 1 aliphatic carbocycles. The predicted octanol–water partition coefficient (Wildman–Crippen LogP) is 2.98. The molecule has 0 saturated carbocycles. The van der Waals surface area contributed by atoms with Crippen LogP contribution in [0.25, 0.3) is 0 Å². The SMILES string of the molecule is COc1cc(CN=C(N)Nc2ccc3c(c2)CCC3)ccc1C#N. The fraction of sp³-hybridized carbons (Fsp3) is 0.263. The van der Waals surface area contributed by atoms with Crippen LogP contribution in [0, 0.1) is 11.3 Å². The van der Waals surface area contributed by atoms with E-state index in [0.717, 1.165) is 17.7 Å². The van der Waals surface area contributed by atoms with Gasteiger partial charge in [-0.3, -0.25) is 0 Å². The molecule has 0 unspecified atom stereocenters. The third-order valence-corrected chi connectivity index (χ3v) is 4.19. The minimum Gasteiger partial charge on any atom is -0.495 e. The second kappa shape index (κ2) is 7.05. The van der Waals surface area contributed by atoms with E-state index in [4.69, 9.17) is 15.7 Å². The lowest BCUT2D eigenvalue weighted by Crippen LogP contribution is -2.22. The summed E-state index contributed by atoms with van der Waals surface area (Å²) >= 11 is 0. The van der Waals surface area contributed by atoms with E-state index in [-0.39, 0.29) is 0 Å². The molecule has 0 atom stereocenters. The molecular formula is C19H20N4O. The van der Waals surface area contributed by atoms with Gasteiger partial charge in [0.25, 0.3) is 0 Å². The van der Waals surface area contributed by atoms with Crippen molar-refractivity contribution in [1.29, 1.82) is 5.26 Å². The van der Waals surface area contributed by atoms with Crippen LogP contribution in [0.5, 0.6) is 5.75 Å². The number of hydrogen-bond donors (Lipinski definition) is 2. The second-order valence-corrected chi connectivity index (χ2v) is 5.81. The van der Waals surface area contributed by atoms with Crippen molar-refractivity contribution >= 4 is 11.6 Å². The van der Waals surface area contributed by atoms with Crippen LogP contribution in [0.1, 0.15) is 28.7 Å². The quantitative estimate of drug-likeness (QED) is 0.670. The van der Waals surface area contributed by atoms with Gasteiger partial charge in [0.05, 0.1) is 19.2 Å².